The molecule has 3 aromatic carbocycles. The number of hydrogen-bond donors (Lipinski definition) is 0. The summed E-state index contributed by atoms with van der Waals surface area (Å²) < 4.78 is 9.54. The van der Waals surface area contributed by atoms with E-state index in [1.54, 1.807) is 4.57 Å². The van der Waals surface area contributed by atoms with Gasteiger partial charge < -0.3 is 4.42 Å². The minimum Gasteiger partial charge on any atom is -0.419 e. The molecule has 8 nitrogen and oxygen atoms in total. The minimum atomic E-state index is -0.192. The van der Waals surface area contributed by atoms with Gasteiger partial charge in [-0.15, -0.1) is 20.4 Å². The third-order valence-corrected chi connectivity index (χ3v) is 7.33. The monoisotopic (exact) mass is 494 g/mol. The second-order valence-corrected chi connectivity index (χ2v) is 9.87. The Morgan fingerprint density at radius 1 is 0.861 bits per heavy atom. The van der Waals surface area contributed by atoms with Crippen molar-refractivity contribution >= 4 is 28.4 Å². The molecule has 0 spiro atoms. The molecule has 1 atom stereocenters. The molecule has 3 heterocycles. The van der Waals surface area contributed by atoms with Crippen LogP contribution >= 0.6 is 11.8 Å². The van der Waals surface area contributed by atoms with Gasteiger partial charge >= 0.3 is 0 Å². The number of fused-ring (bicyclic) bond motifs is 3. The fourth-order valence-electron chi connectivity index (χ4n) is 4.25. The molecule has 6 aromatic rings. The molecule has 3 aromatic heterocycles. The Hall–Kier alpha value is -4.24. The van der Waals surface area contributed by atoms with Crippen molar-refractivity contribution in [3.05, 3.63) is 100 Å². The van der Waals surface area contributed by atoms with E-state index in [1.165, 1.54) is 11.8 Å². The first-order chi connectivity index (χ1) is 17.5. The van der Waals surface area contributed by atoms with Gasteiger partial charge in [-0.2, -0.15) is 0 Å². The van der Waals surface area contributed by atoms with Gasteiger partial charge in [0.2, 0.25) is 17.6 Å². The second-order valence-electron chi connectivity index (χ2n) is 8.57. The molecule has 0 saturated carbocycles. The highest BCUT2D eigenvalue weighted by atomic mass is 32.2. The summed E-state index contributed by atoms with van der Waals surface area (Å²) in [5, 5.41) is 18.5. The van der Waals surface area contributed by atoms with Crippen LogP contribution in [0, 0.1) is 13.8 Å². The van der Waals surface area contributed by atoms with Crippen LogP contribution in [0.4, 0.5) is 0 Å². The Morgan fingerprint density at radius 3 is 2.47 bits per heavy atom. The van der Waals surface area contributed by atoms with Crippen LogP contribution < -0.4 is 5.56 Å². The van der Waals surface area contributed by atoms with Crippen LogP contribution in [0.15, 0.2) is 87.2 Å². The third kappa shape index (κ3) is 3.59. The van der Waals surface area contributed by atoms with Crippen molar-refractivity contribution in [3.8, 4) is 17.1 Å². The lowest BCUT2D eigenvalue weighted by atomic mass is 10.1. The molecular formula is C27H22N6O2S. The van der Waals surface area contributed by atoms with Crippen LogP contribution in [0.5, 0.6) is 0 Å². The van der Waals surface area contributed by atoms with Crippen LogP contribution in [-0.4, -0.2) is 29.4 Å². The molecule has 0 aliphatic rings. The first-order valence-electron chi connectivity index (χ1n) is 11.5. The summed E-state index contributed by atoms with van der Waals surface area (Å²) >= 11 is 1.45. The lowest BCUT2D eigenvalue weighted by molar-refractivity contribution is 0.509. The highest BCUT2D eigenvalue weighted by Gasteiger charge is 2.23. The van der Waals surface area contributed by atoms with Gasteiger partial charge in [0.15, 0.2) is 5.16 Å². The molecule has 0 N–H and O–H groups in total. The zero-order valence-electron chi connectivity index (χ0n) is 19.9. The van der Waals surface area contributed by atoms with E-state index in [1.807, 2.05) is 98.0 Å². The quantitative estimate of drug-likeness (QED) is 0.290. The highest BCUT2D eigenvalue weighted by Crippen LogP contribution is 2.35. The summed E-state index contributed by atoms with van der Waals surface area (Å²) in [6, 6.07) is 23.1. The number of thioether (sulfide) groups is 1. The fourth-order valence-corrected chi connectivity index (χ4v) is 5.14. The molecule has 0 bridgehead atoms. The SMILES string of the molecule is Cc1cccc(-n2c(=O)c3ccccc3n3c(SC(C)c4nnc(-c5ccccc5)o4)nnc23)c1C. The normalized spacial score (nSPS) is 12.4. The first kappa shape index (κ1) is 22.2. The molecule has 0 fully saturated rings. The van der Waals surface area contributed by atoms with E-state index in [4.69, 9.17) is 4.42 Å². The molecule has 6 rings (SSSR count). The van der Waals surface area contributed by atoms with E-state index in [0.29, 0.717) is 28.1 Å². The molecule has 0 amide bonds. The number of para-hydroxylation sites is 1. The van der Waals surface area contributed by atoms with Crippen LogP contribution in [0.3, 0.4) is 0 Å². The zero-order valence-corrected chi connectivity index (χ0v) is 20.7. The number of aryl methyl sites for hydroxylation is 1. The van der Waals surface area contributed by atoms with Crippen molar-refractivity contribution in [2.45, 2.75) is 31.2 Å². The number of hydrogen-bond acceptors (Lipinski definition) is 7. The van der Waals surface area contributed by atoms with E-state index in [0.717, 1.165) is 27.9 Å². The predicted molar refractivity (Wildman–Crippen MR) is 140 cm³/mol. The average molecular weight is 495 g/mol. The number of aromatic nitrogens is 6. The molecule has 178 valence electrons. The van der Waals surface area contributed by atoms with Crippen LogP contribution in [0.2, 0.25) is 0 Å². The summed E-state index contributed by atoms with van der Waals surface area (Å²) in [4.78, 5) is 13.6. The largest absolute Gasteiger partial charge is 0.419 e. The second kappa shape index (κ2) is 8.76. The molecule has 0 radical (unpaired) electrons. The lowest BCUT2D eigenvalue weighted by Crippen LogP contribution is -2.22. The summed E-state index contributed by atoms with van der Waals surface area (Å²) in [6.07, 6.45) is 0. The summed E-state index contributed by atoms with van der Waals surface area (Å²) in [5.74, 6) is 1.42. The minimum absolute atomic E-state index is 0.131. The maximum absolute atomic E-state index is 13.6. The van der Waals surface area contributed by atoms with Crippen molar-refractivity contribution in [2.24, 2.45) is 0 Å². The van der Waals surface area contributed by atoms with Gasteiger partial charge in [0, 0.05) is 5.56 Å². The molecular weight excluding hydrogens is 472 g/mol. The molecule has 0 saturated heterocycles. The van der Waals surface area contributed by atoms with Crippen molar-refractivity contribution in [3.63, 3.8) is 0 Å². The topological polar surface area (TPSA) is 91.1 Å². The fraction of sp³-hybridized carbons (Fsp3) is 0.148. The van der Waals surface area contributed by atoms with Crippen LogP contribution in [-0.2, 0) is 0 Å². The van der Waals surface area contributed by atoms with E-state index in [9.17, 15) is 4.79 Å². The first-order valence-corrected chi connectivity index (χ1v) is 12.4. The Labute approximate surface area is 210 Å². The predicted octanol–water partition coefficient (Wildman–Crippen LogP) is 5.55. The zero-order chi connectivity index (χ0) is 24.8. The average Bonchev–Trinajstić information content (AvgIpc) is 3.55. The van der Waals surface area contributed by atoms with Gasteiger partial charge in [-0.3, -0.25) is 9.20 Å². The summed E-state index contributed by atoms with van der Waals surface area (Å²) in [5.41, 5.74) is 4.38. The third-order valence-electron chi connectivity index (χ3n) is 6.30. The van der Waals surface area contributed by atoms with Gasteiger partial charge in [0.25, 0.3) is 5.56 Å². The van der Waals surface area contributed by atoms with Gasteiger partial charge in [-0.1, -0.05) is 54.2 Å². The highest BCUT2D eigenvalue weighted by molar-refractivity contribution is 7.99. The van der Waals surface area contributed by atoms with E-state index in [2.05, 4.69) is 20.4 Å². The van der Waals surface area contributed by atoms with E-state index in [-0.39, 0.29) is 10.8 Å². The Balaban J connectivity index is 1.48. The number of benzene rings is 3. The standard InChI is InChI=1S/C27H22N6O2S/c1-16-10-9-15-21(17(16)2)32-25(34)20-13-7-8-14-22(20)33-26(32)30-31-27(33)36-18(3)23-28-29-24(35-23)19-11-5-4-6-12-19/h4-15,18H,1-3H3. The summed E-state index contributed by atoms with van der Waals surface area (Å²) in [6.45, 7) is 6.02. The van der Waals surface area contributed by atoms with E-state index < -0.39 is 0 Å². The van der Waals surface area contributed by atoms with Crippen molar-refractivity contribution in [2.75, 3.05) is 0 Å². The molecule has 1 unspecified atom stereocenters. The van der Waals surface area contributed by atoms with Crippen molar-refractivity contribution in [1.82, 2.24) is 29.4 Å². The van der Waals surface area contributed by atoms with Crippen LogP contribution in [0.25, 0.3) is 33.8 Å². The van der Waals surface area contributed by atoms with Gasteiger partial charge in [-0.05, 0) is 62.2 Å². The van der Waals surface area contributed by atoms with E-state index >= 15 is 0 Å². The number of nitrogens with zero attached hydrogens (tertiary/aromatic N) is 6. The Kier molecular flexibility index (Phi) is 5.41. The molecule has 9 heteroatoms. The smallest absolute Gasteiger partial charge is 0.267 e. The Bertz CT molecular complexity index is 1790. The van der Waals surface area contributed by atoms with Gasteiger partial charge in [0.1, 0.15) is 0 Å². The molecule has 36 heavy (non-hydrogen) atoms. The summed E-state index contributed by atoms with van der Waals surface area (Å²) in [7, 11) is 0. The van der Waals surface area contributed by atoms with Gasteiger partial charge in [-0.25, -0.2) is 4.57 Å². The van der Waals surface area contributed by atoms with Crippen LogP contribution in [0.1, 0.15) is 29.2 Å². The maximum atomic E-state index is 13.6. The molecule has 0 aliphatic carbocycles. The van der Waals surface area contributed by atoms with Crippen molar-refractivity contribution in [1.29, 1.82) is 0 Å². The Morgan fingerprint density at radius 2 is 1.64 bits per heavy atom. The van der Waals surface area contributed by atoms with Crippen molar-refractivity contribution < 1.29 is 4.42 Å². The van der Waals surface area contributed by atoms with Gasteiger partial charge in [0.05, 0.1) is 21.8 Å². The maximum Gasteiger partial charge on any atom is 0.267 e. The lowest BCUT2D eigenvalue weighted by Gasteiger charge is -2.14. The molecule has 0 aliphatic heterocycles. The number of rotatable bonds is 5.